The SMILES string of the molecule is NCC1(Cc2ccc(O)c(O)c2)CC1. The molecule has 1 fully saturated rings. The molecule has 1 aromatic carbocycles. The van der Waals surface area contributed by atoms with Crippen molar-refractivity contribution in [3.8, 4) is 11.5 Å². The number of phenolic OH excluding ortho intramolecular Hbond substituents is 2. The third-order valence-corrected chi connectivity index (χ3v) is 3.01. The summed E-state index contributed by atoms with van der Waals surface area (Å²) in [4.78, 5) is 0. The molecule has 0 heterocycles. The van der Waals surface area contributed by atoms with Crippen LogP contribution in [0.5, 0.6) is 11.5 Å². The standard InChI is InChI=1S/C11H15NO2/c12-7-11(3-4-11)6-8-1-2-9(13)10(14)5-8/h1-2,5,13-14H,3-4,6-7,12H2. The lowest BCUT2D eigenvalue weighted by Crippen LogP contribution is -2.17. The Morgan fingerprint density at radius 2 is 1.93 bits per heavy atom. The number of rotatable bonds is 3. The van der Waals surface area contributed by atoms with Gasteiger partial charge in [0.1, 0.15) is 0 Å². The third kappa shape index (κ3) is 1.68. The summed E-state index contributed by atoms with van der Waals surface area (Å²) < 4.78 is 0. The summed E-state index contributed by atoms with van der Waals surface area (Å²) >= 11 is 0. The highest BCUT2D eigenvalue weighted by Gasteiger charge is 2.40. The second-order valence-electron chi connectivity index (χ2n) is 4.20. The number of hydrogen-bond donors (Lipinski definition) is 3. The van der Waals surface area contributed by atoms with Gasteiger partial charge in [-0.1, -0.05) is 6.07 Å². The van der Waals surface area contributed by atoms with Gasteiger partial charge in [0.15, 0.2) is 11.5 Å². The molecule has 0 aliphatic heterocycles. The van der Waals surface area contributed by atoms with E-state index < -0.39 is 0 Å². The molecule has 4 N–H and O–H groups in total. The summed E-state index contributed by atoms with van der Waals surface area (Å²) in [6, 6.07) is 4.98. The number of phenols is 2. The molecular formula is C11H15NO2. The minimum absolute atomic E-state index is 0.0460. The fourth-order valence-corrected chi connectivity index (χ4v) is 1.74. The topological polar surface area (TPSA) is 66.5 Å². The van der Waals surface area contributed by atoms with Crippen LogP contribution in [0.25, 0.3) is 0 Å². The van der Waals surface area contributed by atoms with E-state index in [0.29, 0.717) is 6.54 Å². The first-order valence-corrected chi connectivity index (χ1v) is 4.86. The average molecular weight is 193 g/mol. The van der Waals surface area contributed by atoms with Crippen molar-refractivity contribution < 1.29 is 10.2 Å². The molecule has 3 nitrogen and oxygen atoms in total. The van der Waals surface area contributed by atoms with Crippen LogP contribution in [0, 0.1) is 5.41 Å². The number of nitrogens with two attached hydrogens (primary N) is 1. The summed E-state index contributed by atoms with van der Waals surface area (Å²) in [6.45, 7) is 0.703. The molecule has 0 bridgehead atoms. The van der Waals surface area contributed by atoms with E-state index in [4.69, 9.17) is 10.8 Å². The van der Waals surface area contributed by atoms with Crippen molar-refractivity contribution in [1.29, 1.82) is 0 Å². The van der Waals surface area contributed by atoms with E-state index in [-0.39, 0.29) is 16.9 Å². The van der Waals surface area contributed by atoms with Crippen molar-refractivity contribution in [3.63, 3.8) is 0 Å². The molecule has 0 unspecified atom stereocenters. The van der Waals surface area contributed by atoms with Gasteiger partial charge in [-0.25, -0.2) is 0 Å². The van der Waals surface area contributed by atoms with Gasteiger partial charge in [0, 0.05) is 0 Å². The van der Waals surface area contributed by atoms with Crippen LogP contribution < -0.4 is 5.73 Å². The second-order valence-corrected chi connectivity index (χ2v) is 4.20. The molecule has 14 heavy (non-hydrogen) atoms. The predicted octanol–water partition coefficient (Wildman–Crippen LogP) is 1.38. The molecule has 0 saturated heterocycles. The highest BCUT2D eigenvalue weighted by atomic mass is 16.3. The molecule has 1 aliphatic carbocycles. The van der Waals surface area contributed by atoms with Gasteiger partial charge in [0.25, 0.3) is 0 Å². The molecule has 0 aromatic heterocycles. The van der Waals surface area contributed by atoms with Crippen molar-refractivity contribution >= 4 is 0 Å². The summed E-state index contributed by atoms with van der Waals surface area (Å²) in [7, 11) is 0. The lowest BCUT2D eigenvalue weighted by atomic mass is 9.96. The Bertz CT molecular complexity index is 345. The molecule has 1 aliphatic rings. The lowest BCUT2D eigenvalue weighted by Gasteiger charge is -2.12. The van der Waals surface area contributed by atoms with Crippen LogP contribution >= 0.6 is 0 Å². The molecule has 0 amide bonds. The third-order valence-electron chi connectivity index (χ3n) is 3.01. The normalized spacial score (nSPS) is 18.1. The van der Waals surface area contributed by atoms with E-state index in [1.54, 1.807) is 6.07 Å². The van der Waals surface area contributed by atoms with Crippen molar-refractivity contribution in [1.82, 2.24) is 0 Å². The summed E-state index contributed by atoms with van der Waals surface area (Å²) in [5.41, 5.74) is 6.98. The van der Waals surface area contributed by atoms with E-state index in [1.807, 2.05) is 6.07 Å². The fourth-order valence-electron chi connectivity index (χ4n) is 1.74. The van der Waals surface area contributed by atoms with E-state index in [2.05, 4.69) is 0 Å². The first kappa shape index (κ1) is 9.34. The van der Waals surface area contributed by atoms with Crippen molar-refractivity contribution in [2.75, 3.05) is 6.54 Å². The summed E-state index contributed by atoms with van der Waals surface area (Å²) in [5, 5.41) is 18.4. The predicted molar refractivity (Wildman–Crippen MR) is 54.2 cm³/mol. The smallest absolute Gasteiger partial charge is 0.157 e. The zero-order chi connectivity index (χ0) is 10.2. The van der Waals surface area contributed by atoms with E-state index in [9.17, 15) is 5.11 Å². The fraction of sp³-hybridized carbons (Fsp3) is 0.455. The van der Waals surface area contributed by atoms with Crippen LogP contribution in [-0.2, 0) is 6.42 Å². The molecule has 3 heteroatoms. The Labute approximate surface area is 83.2 Å². The Kier molecular flexibility index (Phi) is 2.11. The van der Waals surface area contributed by atoms with Crippen LogP contribution in [0.1, 0.15) is 18.4 Å². The van der Waals surface area contributed by atoms with Gasteiger partial charge in [-0.2, -0.15) is 0 Å². The van der Waals surface area contributed by atoms with Gasteiger partial charge in [-0.05, 0) is 48.9 Å². The Morgan fingerprint density at radius 3 is 2.43 bits per heavy atom. The van der Waals surface area contributed by atoms with Gasteiger partial charge in [-0.15, -0.1) is 0 Å². The van der Waals surface area contributed by atoms with Crippen molar-refractivity contribution in [2.45, 2.75) is 19.3 Å². The molecule has 76 valence electrons. The molecule has 2 rings (SSSR count). The zero-order valence-electron chi connectivity index (χ0n) is 8.03. The Balaban J connectivity index is 2.14. The largest absolute Gasteiger partial charge is 0.504 e. The minimum Gasteiger partial charge on any atom is -0.504 e. The molecule has 0 atom stereocenters. The molecule has 1 aromatic rings. The zero-order valence-corrected chi connectivity index (χ0v) is 8.03. The first-order chi connectivity index (χ1) is 6.65. The Morgan fingerprint density at radius 1 is 1.21 bits per heavy atom. The van der Waals surface area contributed by atoms with Crippen LogP contribution in [0.4, 0.5) is 0 Å². The van der Waals surface area contributed by atoms with Gasteiger partial charge >= 0.3 is 0 Å². The summed E-state index contributed by atoms with van der Waals surface area (Å²) in [5.74, 6) is -0.110. The average Bonchev–Trinajstić information content (AvgIpc) is 2.93. The van der Waals surface area contributed by atoms with Gasteiger partial charge in [0.2, 0.25) is 0 Å². The van der Waals surface area contributed by atoms with E-state index in [0.717, 1.165) is 12.0 Å². The van der Waals surface area contributed by atoms with Crippen molar-refractivity contribution in [3.05, 3.63) is 23.8 Å². The van der Waals surface area contributed by atoms with Crippen LogP contribution in [0.15, 0.2) is 18.2 Å². The maximum absolute atomic E-state index is 9.31. The van der Waals surface area contributed by atoms with Crippen LogP contribution in [0.3, 0.4) is 0 Å². The number of benzene rings is 1. The maximum Gasteiger partial charge on any atom is 0.157 e. The van der Waals surface area contributed by atoms with Crippen LogP contribution in [-0.4, -0.2) is 16.8 Å². The quantitative estimate of drug-likeness (QED) is 0.635. The van der Waals surface area contributed by atoms with E-state index in [1.165, 1.54) is 18.9 Å². The first-order valence-electron chi connectivity index (χ1n) is 4.86. The second kappa shape index (κ2) is 3.17. The maximum atomic E-state index is 9.31. The minimum atomic E-state index is -0.0636. The highest BCUT2D eigenvalue weighted by molar-refractivity contribution is 5.41. The molecule has 0 spiro atoms. The highest BCUT2D eigenvalue weighted by Crippen LogP contribution is 2.47. The van der Waals surface area contributed by atoms with Gasteiger partial charge in [-0.3, -0.25) is 0 Å². The van der Waals surface area contributed by atoms with Crippen molar-refractivity contribution in [2.24, 2.45) is 11.1 Å². The number of hydrogen-bond acceptors (Lipinski definition) is 3. The van der Waals surface area contributed by atoms with Gasteiger partial charge in [0.05, 0.1) is 0 Å². The Hall–Kier alpha value is -1.22. The summed E-state index contributed by atoms with van der Waals surface area (Å²) in [6.07, 6.45) is 3.24. The molecular weight excluding hydrogens is 178 g/mol. The lowest BCUT2D eigenvalue weighted by molar-refractivity contribution is 0.402. The van der Waals surface area contributed by atoms with E-state index >= 15 is 0 Å². The molecule has 0 radical (unpaired) electrons. The number of aromatic hydroxyl groups is 2. The molecule has 1 saturated carbocycles. The monoisotopic (exact) mass is 193 g/mol. The van der Waals surface area contributed by atoms with Gasteiger partial charge < -0.3 is 15.9 Å². The van der Waals surface area contributed by atoms with Crippen LogP contribution in [0.2, 0.25) is 0 Å².